The summed E-state index contributed by atoms with van der Waals surface area (Å²) in [4.78, 5) is 0. The molecule has 2 aromatic rings. The first-order valence-corrected chi connectivity index (χ1v) is 5.56. The Balaban J connectivity index is 2.48. The number of aliphatic hydroxyl groups is 1. The Kier molecular flexibility index (Phi) is 3.17. The zero-order valence-electron chi connectivity index (χ0n) is 8.84. The Morgan fingerprint density at radius 3 is 2.94 bits per heavy atom. The van der Waals surface area contributed by atoms with Crippen LogP contribution in [-0.2, 0) is 0 Å². The number of rotatable bonds is 3. The van der Waals surface area contributed by atoms with Gasteiger partial charge in [-0.15, -0.1) is 0 Å². The minimum atomic E-state index is -0.685. The molecule has 1 aromatic carbocycles. The molecule has 0 bridgehead atoms. The number of benzene rings is 1. The maximum absolute atomic E-state index is 13.6. The highest BCUT2D eigenvalue weighted by Crippen LogP contribution is 2.30. The van der Waals surface area contributed by atoms with Crippen LogP contribution in [-0.4, -0.2) is 5.11 Å². The lowest BCUT2D eigenvalue weighted by molar-refractivity contribution is 0.141. The van der Waals surface area contributed by atoms with Crippen molar-refractivity contribution in [2.45, 2.75) is 25.9 Å². The van der Waals surface area contributed by atoms with E-state index in [2.05, 4.69) is 0 Å². The van der Waals surface area contributed by atoms with Gasteiger partial charge in [0.25, 0.3) is 0 Å². The lowest BCUT2D eigenvalue weighted by atomic mass is 10.1. The number of hydrogen-bond donors (Lipinski definition) is 1. The quantitative estimate of drug-likeness (QED) is 0.881. The van der Waals surface area contributed by atoms with E-state index in [-0.39, 0.29) is 10.6 Å². The van der Waals surface area contributed by atoms with Gasteiger partial charge in [0.05, 0.1) is 5.02 Å². The Morgan fingerprint density at radius 1 is 1.50 bits per heavy atom. The number of fused-ring (bicyclic) bond motifs is 1. The van der Waals surface area contributed by atoms with Gasteiger partial charge in [-0.05, 0) is 24.6 Å². The van der Waals surface area contributed by atoms with Gasteiger partial charge in [0.2, 0.25) is 0 Å². The standard InChI is InChI=1S/C12H12ClFO2/c1-2-3-9(15)10-6-7-4-5-8(13)11(14)12(7)16-10/h4-6,9,15H,2-3H2,1H3. The molecule has 2 rings (SSSR count). The molecule has 2 nitrogen and oxygen atoms in total. The molecule has 1 unspecified atom stereocenters. The molecular weight excluding hydrogens is 231 g/mol. The minimum Gasteiger partial charge on any atom is -0.455 e. The van der Waals surface area contributed by atoms with E-state index in [4.69, 9.17) is 16.0 Å². The van der Waals surface area contributed by atoms with E-state index in [1.54, 1.807) is 12.1 Å². The highest BCUT2D eigenvalue weighted by molar-refractivity contribution is 6.31. The average molecular weight is 243 g/mol. The van der Waals surface area contributed by atoms with Crippen LogP contribution in [0.25, 0.3) is 11.0 Å². The molecule has 1 heterocycles. The molecule has 0 amide bonds. The monoisotopic (exact) mass is 242 g/mol. The van der Waals surface area contributed by atoms with Crippen LogP contribution in [0.4, 0.5) is 4.39 Å². The molecule has 0 aliphatic rings. The topological polar surface area (TPSA) is 33.4 Å². The van der Waals surface area contributed by atoms with Gasteiger partial charge in [0.1, 0.15) is 11.9 Å². The van der Waals surface area contributed by atoms with Gasteiger partial charge < -0.3 is 9.52 Å². The molecule has 0 radical (unpaired) electrons. The van der Waals surface area contributed by atoms with E-state index in [1.165, 1.54) is 6.07 Å². The predicted molar refractivity (Wildman–Crippen MR) is 61.0 cm³/mol. The van der Waals surface area contributed by atoms with Crippen LogP contribution in [0.2, 0.25) is 5.02 Å². The van der Waals surface area contributed by atoms with Gasteiger partial charge in [-0.2, -0.15) is 0 Å². The third kappa shape index (κ3) is 1.93. The summed E-state index contributed by atoms with van der Waals surface area (Å²) in [7, 11) is 0. The molecular formula is C12H12ClFO2. The first-order chi connectivity index (χ1) is 7.63. The van der Waals surface area contributed by atoms with Gasteiger partial charge >= 0.3 is 0 Å². The fourth-order valence-corrected chi connectivity index (χ4v) is 1.79. The van der Waals surface area contributed by atoms with Crippen LogP contribution in [0.3, 0.4) is 0 Å². The van der Waals surface area contributed by atoms with E-state index in [1.807, 2.05) is 6.92 Å². The second kappa shape index (κ2) is 4.44. The Labute approximate surface area is 97.6 Å². The van der Waals surface area contributed by atoms with Gasteiger partial charge in [-0.25, -0.2) is 4.39 Å². The summed E-state index contributed by atoms with van der Waals surface area (Å²) in [6.45, 7) is 1.96. The van der Waals surface area contributed by atoms with Gasteiger partial charge in [-0.1, -0.05) is 24.9 Å². The Hall–Kier alpha value is -1.06. The predicted octanol–water partition coefficient (Wildman–Crippen LogP) is 4.06. The first kappa shape index (κ1) is 11.4. The number of hydrogen-bond acceptors (Lipinski definition) is 2. The van der Waals surface area contributed by atoms with Crippen LogP contribution < -0.4 is 0 Å². The van der Waals surface area contributed by atoms with Crippen molar-refractivity contribution in [3.05, 3.63) is 34.8 Å². The summed E-state index contributed by atoms with van der Waals surface area (Å²) >= 11 is 5.64. The van der Waals surface area contributed by atoms with Crippen molar-refractivity contribution in [3.63, 3.8) is 0 Å². The molecule has 0 fully saturated rings. The molecule has 0 saturated carbocycles. The Bertz CT molecular complexity index is 507. The van der Waals surface area contributed by atoms with Crippen LogP contribution in [0, 0.1) is 5.82 Å². The molecule has 4 heteroatoms. The van der Waals surface area contributed by atoms with E-state index in [0.717, 1.165) is 6.42 Å². The molecule has 0 saturated heterocycles. The number of furan rings is 1. The summed E-state index contributed by atoms with van der Waals surface area (Å²) in [6, 6.07) is 4.80. The summed E-state index contributed by atoms with van der Waals surface area (Å²) in [5, 5.41) is 10.4. The van der Waals surface area contributed by atoms with E-state index in [9.17, 15) is 9.50 Å². The molecule has 1 N–H and O–H groups in total. The number of halogens is 2. The summed E-state index contributed by atoms with van der Waals surface area (Å²) in [5.41, 5.74) is 0.109. The average Bonchev–Trinajstić information content (AvgIpc) is 2.69. The fourth-order valence-electron chi connectivity index (χ4n) is 1.64. The lowest BCUT2D eigenvalue weighted by Crippen LogP contribution is -1.93. The van der Waals surface area contributed by atoms with Crippen molar-refractivity contribution in [1.82, 2.24) is 0 Å². The van der Waals surface area contributed by atoms with Crippen molar-refractivity contribution in [2.24, 2.45) is 0 Å². The molecule has 0 aliphatic carbocycles. The molecule has 1 aromatic heterocycles. The van der Waals surface area contributed by atoms with E-state index in [0.29, 0.717) is 17.6 Å². The fraction of sp³-hybridized carbons (Fsp3) is 0.333. The summed E-state index contributed by atoms with van der Waals surface area (Å²) in [6.07, 6.45) is 0.743. The molecule has 0 spiro atoms. The Morgan fingerprint density at radius 2 is 2.25 bits per heavy atom. The zero-order valence-corrected chi connectivity index (χ0v) is 9.59. The van der Waals surface area contributed by atoms with Gasteiger partial charge in [-0.3, -0.25) is 0 Å². The summed E-state index contributed by atoms with van der Waals surface area (Å²) in [5.74, 6) is -0.188. The highest BCUT2D eigenvalue weighted by Gasteiger charge is 2.16. The second-order valence-corrected chi connectivity index (χ2v) is 4.14. The largest absolute Gasteiger partial charge is 0.455 e. The molecule has 0 aliphatic heterocycles. The summed E-state index contributed by atoms with van der Waals surface area (Å²) < 4.78 is 18.8. The van der Waals surface area contributed by atoms with Crippen molar-refractivity contribution in [2.75, 3.05) is 0 Å². The third-order valence-electron chi connectivity index (χ3n) is 2.49. The van der Waals surface area contributed by atoms with E-state index < -0.39 is 11.9 Å². The lowest BCUT2D eigenvalue weighted by Gasteiger charge is -2.03. The van der Waals surface area contributed by atoms with Crippen molar-refractivity contribution in [1.29, 1.82) is 0 Å². The van der Waals surface area contributed by atoms with E-state index >= 15 is 0 Å². The van der Waals surface area contributed by atoms with Crippen LogP contribution in [0.5, 0.6) is 0 Å². The van der Waals surface area contributed by atoms with Crippen LogP contribution in [0.1, 0.15) is 31.6 Å². The minimum absolute atomic E-state index is 0.0263. The van der Waals surface area contributed by atoms with Gasteiger partial charge in [0.15, 0.2) is 11.4 Å². The van der Waals surface area contributed by atoms with Gasteiger partial charge in [0, 0.05) is 5.39 Å². The van der Waals surface area contributed by atoms with Crippen LogP contribution in [0.15, 0.2) is 22.6 Å². The van der Waals surface area contributed by atoms with Crippen molar-refractivity contribution < 1.29 is 13.9 Å². The number of aliphatic hydroxyl groups excluding tert-OH is 1. The first-order valence-electron chi connectivity index (χ1n) is 5.19. The molecule has 86 valence electrons. The zero-order chi connectivity index (χ0) is 11.7. The second-order valence-electron chi connectivity index (χ2n) is 3.73. The third-order valence-corrected chi connectivity index (χ3v) is 2.78. The SMILES string of the molecule is CCCC(O)c1cc2ccc(Cl)c(F)c2o1. The normalized spacial score (nSPS) is 13.2. The maximum atomic E-state index is 13.6. The maximum Gasteiger partial charge on any atom is 0.184 e. The van der Waals surface area contributed by atoms with Crippen molar-refractivity contribution >= 4 is 22.6 Å². The smallest absolute Gasteiger partial charge is 0.184 e. The molecule has 16 heavy (non-hydrogen) atoms. The highest BCUT2D eigenvalue weighted by atomic mass is 35.5. The van der Waals surface area contributed by atoms with Crippen LogP contribution >= 0.6 is 11.6 Å². The molecule has 1 atom stereocenters. The van der Waals surface area contributed by atoms with Crippen molar-refractivity contribution in [3.8, 4) is 0 Å².